The van der Waals surface area contributed by atoms with Crippen molar-refractivity contribution in [2.24, 2.45) is 0 Å². The van der Waals surface area contributed by atoms with Crippen LogP contribution >= 0.6 is 24.2 Å². The number of benzene rings is 1. The molecule has 2 aliphatic heterocycles. The fourth-order valence-corrected chi connectivity index (χ4v) is 4.03. The van der Waals surface area contributed by atoms with E-state index in [1.54, 1.807) is 11.8 Å². The number of nitrogens with one attached hydrogen (secondary N) is 3. The molecule has 0 spiro atoms. The predicted molar refractivity (Wildman–Crippen MR) is 115 cm³/mol. The van der Waals surface area contributed by atoms with Crippen LogP contribution in [0, 0.1) is 0 Å². The highest BCUT2D eigenvalue weighted by atomic mass is 35.5. The van der Waals surface area contributed by atoms with E-state index in [0.29, 0.717) is 25.9 Å². The quantitative estimate of drug-likeness (QED) is 0.588. The summed E-state index contributed by atoms with van der Waals surface area (Å²) in [5.41, 5.74) is 2.43. The highest BCUT2D eigenvalue weighted by Gasteiger charge is 2.28. The van der Waals surface area contributed by atoms with Crippen molar-refractivity contribution in [1.82, 2.24) is 16.0 Å². The number of amides is 2. The van der Waals surface area contributed by atoms with Crippen LogP contribution in [-0.4, -0.2) is 55.2 Å². The third kappa shape index (κ3) is 6.37. The molecule has 28 heavy (non-hydrogen) atoms. The fraction of sp³-hybridized carbons (Fsp3) is 0.600. The number of rotatable bonds is 8. The van der Waals surface area contributed by atoms with Gasteiger partial charge in [-0.25, -0.2) is 0 Å². The van der Waals surface area contributed by atoms with Crippen LogP contribution in [0.1, 0.15) is 30.4 Å². The van der Waals surface area contributed by atoms with Crippen molar-refractivity contribution in [3.63, 3.8) is 0 Å². The summed E-state index contributed by atoms with van der Waals surface area (Å²) in [7, 11) is 0. The van der Waals surface area contributed by atoms with Gasteiger partial charge in [-0.1, -0.05) is 24.3 Å². The van der Waals surface area contributed by atoms with Crippen LogP contribution in [0.15, 0.2) is 24.3 Å². The fourth-order valence-electron chi connectivity index (χ4n) is 3.56. The molecule has 0 bridgehead atoms. The molecule has 2 amide bonds. The smallest absolute Gasteiger partial charge is 0.242 e. The molecule has 3 N–H and O–H groups in total. The molecule has 0 aliphatic carbocycles. The summed E-state index contributed by atoms with van der Waals surface area (Å²) in [5, 5.41) is 9.19. The van der Waals surface area contributed by atoms with E-state index in [4.69, 9.17) is 4.74 Å². The molecule has 1 fully saturated rings. The second-order valence-corrected chi connectivity index (χ2v) is 8.11. The van der Waals surface area contributed by atoms with E-state index in [1.807, 2.05) is 18.4 Å². The van der Waals surface area contributed by atoms with Gasteiger partial charge in [-0.2, -0.15) is 11.8 Å². The Balaban J connectivity index is 0.00000280. The number of carbonyl (C=O) groups is 2. The molecule has 0 saturated carbocycles. The van der Waals surface area contributed by atoms with Crippen molar-refractivity contribution < 1.29 is 14.3 Å². The molecular formula is C20H30ClN3O3S. The number of carbonyl (C=O) groups excluding carboxylic acids is 2. The van der Waals surface area contributed by atoms with E-state index in [-0.39, 0.29) is 36.4 Å². The zero-order chi connectivity index (χ0) is 19.1. The van der Waals surface area contributed by atoms with Gasteiger partial charge in [-0.3, -0.25) is 9.59 Å². The Labute approximate surface area is 177 Å². The largest absolute Gasteiger partial charge is 0.376 e. The minimum absolute atomic E-state index is 0. The number of fused-ring (bicyclic) bond motifs is 1. The van der Waals surface area contributed by atoms with Crippen LogP contribution in [-0.2, 0) is 27.3 Å². The van der Waals surface area contributed by atoms with Crippen LogP contribution in [0.5, 0.6) is 0 Å². The molecule has 2 aliphatic rings. The Morgan fingerprint density at radius 1 is 1.32 bits per heavy atom. The Morgan fingerprint density at radius 3 is 2.82 bits per heavy atom. The van der Waals surface area contributed by atoms with Crippen LogP contribution in [0.4, 0.5) is 0 Å². The van der Waals surface area contributed by atoms with Gasteiger partial charge in [0.05, 0.1) is 12.1 Å². The van der Waals surface area contributed by atoms with Gasteiger partial charge >= 0.3 is 0 Å². The van der Waals surface area contributed by atoms with Crippen molar-refractivity contribution in [2.75, 3.05) is 25.2 Å². The molecule has 6 nitrogen and oxygen atoms in total. The van der Waals surface area contributed by atoms with Crippen LogP contribution in [0.2, 0.25) is 0 Å². The molecule has 8 heteroatoms. The molecular weight excluding hydrogens is 398 g/mol. The summed E-state index contributed by atoms with van der Waals surface area (Å²) in [5.74, 6) is 0.589. The molecule has 0 radical (unpaired) electrons. The topological polar surface area (TPSA) is 79.5 Å². The third-order valence-electron chi connectivity index (χ3n) is 5.17. The molecule has 0 aromatic heterocycles. The SMILES string of the molecule is CSCCC(NC(=O)C1Cc2ccccc2CN1)C(=O)NCC1CCCO1.Cl. The van der Waals surface area contributed by atoms with Crippen LogP contribution < -0.4 is 16.0 Å². The van der Waals surface area contributed by atoms with E-state index in [1.165, 1.54) is 11.1 Å². The van der Waals surface area contributed by atoms with Gasteiger partial charge in [0, 0.05) is 19.7 Å². The molecule has 3 rings (SSSR count). The summed E-state index contributed by atoms with van der Waals surface area (Å²) in [6.45, 7) is 1.95. The zero-order valence-electron chi connectivity index (χ0n) is 16.2. The normalized spacial score (nSPS) is 21.9. The summed E-state index contributed by atoms with van der Waals surface area (Å²) < 4.78 is 5.56. The summed E-state index contributed by atoms with van der Waals surface area (Å²) >= 11 is 1.67. The van der Waals surface area contributed by atoms with Gasteiger partial charge in [-0.15, -0.1) is 12.4 Å². The Hall–Kier alpha value is -1.28. The standard InChI is InChI=1S/C20H29N3O3S.ClH/c1-27-10-8-17(19(24)22-13-16-7-4-9-26-16)23-20(25)18-11-14-5-2-3-6-15(14)12-21-18;/h2-3,5-6,16-18,21H,4,7-13H2,1H3,(H,22,24)(H,23,25);1H. The lowest BCUT2D eigenvalue weighted by Crippen LogP contribution is -2.55. The summed E-state index contributed by atoms with van der Waals surface area (Å²) in [6.07, 6.45) is 5.39. The lowest BCUT2D eigenvalue weighted by molar-refractivity contribution is -0.130. The Bertz CT molecular complexity index is 655. The molecule has 1 aromatic rings. The van der Waals surface area contributed by atoms with Crippen molar-refractivity contribution in [2.45, 2.75) is 50.4 Å². The first-order valence-corrected chi connectivity index (χ1v) is 11.1. The maximum absolute atomic E-state index is 12.8. The number of thioether (sulfide) groups is 1. The first kappa shape index (κ1) is 23.0. The van der Waals surface area contributed by atoms with Crippen molar-refractivity contribution >= 4 is 36.0 Å². The first-order chi connectivity index (χ1) is 13.2. The van der Waals surface area contributed by atoms with Crippen molar-refractivity contribution in [1.29, 1.82) is 0 Å². The zero-order valence-corrected chi connectivity index (χ0v) is 17.9. The van der Waals surface area contributed by atoms with Gasteiger partial charge in [0.15, 0.2) is 0 Å². The average Bonchev–Trinajstić information content (AvgIpc) is 3.22. The van der Waals surface area contributed by atoms with Gasteiger partial charge < -0.3 is 20.7 Å². The van der Waals surface area contributed by atoms with Crippen LogP contribution in [0.25, 0.3) is 0 Å². The molecule has 3 unspecified atom stereocenters. The summed E-state index contributed by atoms with van der Waals surface area (Å²) in [6, 6.07) is 7.34. The monoisotopic (exact) mass is 427 g/mol. The number of hydrogen-bond donors (Lipinski definition) is 3. The highest BCUT2D eigenvalue weighted by Crippen LogP contribution is 2.16. The van der Waals surface area contributed by atoms with Gasteiger partial charge in [-0.05, 0) is 48.8 Å². The van der Waals surface area contributed by atoms with E-state index in [2.05, 4.69) is 28.1 Å². The first-order valence-electron chi connectivity index (χ1n) is 9.66. The molecule has 2 heterocycles. The predicted octanol–water partition coefficient (Wildman–Crippen LogP) is 1.66. The molecule has 1 aromatic carbocycles. The average molecular weight is 428 g/mol. The third-order valence-corrected chi connectivity index (χ3v) is 5.81. The Kier molecular flexibility index (Phi) is 9.58. The maximum atomic E-state index is 12.8. The molecule has 1 saturated heterocycles. The minimum Gasteiger partial charge on any atom is -0.376 e. The molecule has 156 valence electrons. The Morgan fingerprint density at radius 2 is 2.11 bits per heavy atom. The van der Waals surface area contributed by atoms with Gasteiger partial charge in [0.25, 0.3) is 0 Å². The van der Waals surface area contributed by atoms with Crippen LogP contribution in [0.3, 0.4) is 0 Å². The van der Waals surface area contributed by atoms with Crippen molar-refractivity contribution in [3.8, 4) is 0 Å². The minimum atomic E-state index is -0.509. The van der Waals surface area contributed by atoms with Gasteiger partial charge in [0.1, 0.15) is 6.04 Å². The summed E-state index contributed by atoms with van der Waals surface area (Å²) in [4.78, 5) is 25.4. The second kappa shape index (κ2) is 11.7. The van der Waals surface area contributed by atoms with E-state index in [0.717, 1.165) is 25.2 Å². The van der Waals surface area contributed by atoms with Crippen molar-refractivity contribution in [3.05, 3.63) is 35.4 Å². The number of halogens is 1. The van der Waals surface area contributed by atoms with E-state index < -0.39 is 6.04 Å². The lowest BCUT2D eigenvalue weighted by atomic mass is 9.95. The number of ether oxygens (including phenoxy) is 1. The molecule has 3 atom stereocenters. The van der Waals surface area contributed by atoms with Gasteiger partial charge in [0.2, 0.25) is 11.8 Å². The highest BCUT2D eigenvalue weighted by molar-refractivity contribution is 7.98. The lowest BCUT2D eigenvalue weighted by Gasteiger charge is -2.27. The van der Waals surface area contributed by atoms with E-state index >= 15 is 0 Å². The van der Waals surface area contributed by atoms with E-state index in [9.17, 15) is 9.59 Å². The number of hydrogen-bond acceptors (Lipinski definition) is 5. The maximum Gasteiger partial charge on any atom is 0.242 e. The second-order valence-electron chi connectivity index (χ2n) is 7.13.